The molecule has 3 aliphatic heterocycles. The second kappa shape index (κ2) is 11.5. The van der Waals surface area contributed by atoms with Gasteiger partial charge in [0.25, 0.3) is 0 Å². The molecule has 0 amide bonds. The van der Waals surface area contributed by atoms with E-state index in [1.54, 1.807) is 0 Å². The summed E-state index contributed by atoms with van der Waals surface area (Å²) in [5.74, 6) is 0.630. The predicted octanol–water partition coefficient (Wildman–Crippen LogP) is 12.0. The van der Waals surface area contributed by atoms with Crippen LogP contribution in [0.3, 0.4) is 0 Å². The van der Waals surface area contributed by atoms with Gasteiger partial charge in [-0.15, -0.1) is 0 Å². The minimum Gasteiger partial charge on any atom is -0.436 e. The molecule has 14 rings (SSSR count). The van der Waals surface area contributed by atoms with E-state index < -0.39 is 5.41 Å². The van der Waals surface area contributed by atoms with Crippen LogP contribution in [0.5, 0.6) is 0 Å². The average molecular weight is 764 g/mol. The van der Waals surface area contributed by atoms with E-state index in [9.17, 15) is 0 Å². The molecule has 0 saturated heterocycles. The number of anilines is 2. The Hall–Kier alpha value is -7.63. The summed E-state index contributed by atoms with van der Waals surface area (Å²) in [7, 11) is 0. The summed E-state index contributed by atoms with van der Waals surface area (Å²) in [6.45, 7) is 2.16. The normalized spacial score (nSPS) is 14.2. The van der Waals surface area contributed by atoms with Gasteiger partial charge in [-0.25, -0.2) is 4.98 Å². The predicted molar refractivity (Wildman–Crippen MR) is 247 cm³/mol. The molecule has 0 aliphatic carbocycles. The number of aryl methyl sites for hydroxylation is 1. The zero-order valence-electron chi connectivity index (χ0n) is 32.7. The molecule has 3 aliphatic rings. The standard InChI is InChI=1S/C55H34BN3O/c1-33-30-40-39-24-15-26-42-52(39)59(45-27-14-13-25-41(45)55(42,36-19-7-3-8-20-36)37-21-9-4-10-22-37)56-43-31-44-48(60-54(57-44)35-17-5-2-6-18-35)32-47(43)58-46-29-28-34-16-11-12-23-38(34)50(46)49(33)53(58)51(40)56/h2-32H,1H3. The van der Waals surface area contributed by atoms with Gasteiger partial charge >= 0.3 is 6.85 Å². The van der Waals surface area contributed by atoms with Crippen LogP contribution in [0.2, 0.25) is 0 Å². The monoisotopic (exact) mass is 763 g/mol. The Bertz CT molecular complexity index is 3590. The number of hydrogen-bond acceptors (Lipinski definition) is 3. The highest BCUT2D eigenvalue weighted by atomic mass is 16.3. The van der Waals surface area contributed by atoms with Gasteiger partial charge in [-0.05, 0) is 92.3 Å². The topological polar surface area (TPSA) is 34.2 Å². The van der Waals surface area contributed by atoms with Crippen LogP contribution in [-0.2, 0) is 5.41 Å². The van der Waals surface area contributed by atoms with Crippen LogP contribution in [0.4, 0.5) is 11.4 Å². The molecule has 278 valence electrons. The largest absolute Gasteiger partial charge is 0.436 e. The van der Waals surface area contributed by atoms with Crippen molar-refractivity contribution in [1.82, 2.24) is 9.55 Å². The van der Waals surface area contributed by atoms with Crippen molar-refractivity contribution < 1.29 is 4.42 Å². The minimum absolute atomic E-state index is 0.151. The summed E-state index contributed by atoms with van der Waals surface area (Å²) >= 11 is 0. The number of aromatic nitrogens is 2. The second-order valence-electron chi connectivity index (χ2n) is 16.6. The van der Waals surface area contributed by atoms with Crippen molar-refractivity contribution in [3.63, 3.8) is 0 Å². The van der Waals surface area contributed by atoms with Crippen molar-refractivity contribution >= 4 is 72.8 Å². The van der Waals surface area contributed by atoms with Gasteiger partial charge in [-0.2, -0.15) is 0 Å². The molecule has 9 aromatic carbocycles. The fraction of sp³-hybridized carbons (Fsp3) is 0.0364. The summed E-state index contributed by atoms with van der Waals surface area (Å²) in [6.07, 6.45) is 0. The molecule has 0 fully saturated rings. The molecule has 0 unspecified atom stereocenters. The molecule has 5 heterocycles. The van der Waals surface area contributed by atoms with E-state index in [2.05, 4.69) is 186 Å². The van der Waals surface area contributed by atoms with E-state index >= 15 is 0 Å². The van der Waals surface area contributed by atoms with E-state index in [1.165, 1.54) is 93.8 Å². The molecule has 0 spiro atoms. The number of para-hydroxylation sites is 2. The fourth-order valence-corrected chi connectivity index (χ4v) is 11.5. The third kappa shape index (κ3) is 3.90. The van der Waals surface area contributed by atoms with Crippen LogP contribution in [0, 0.1) is 6.92 Å². The maximum absolute atomic E-state index is 6.68. The third-order valence-corrected chi connectivity index (χ3v) is 13.7. The lowest BCUT2D eigenvalue weighted by Crippen LogP contribution is -2.62. The lowest BCUT2D eigenvalue weighted by molar-refractivity contribution is 0.619. The van der Waals surface area contributed by atoms with E-state index in [-0.39, 0.29) is 6.85 Å². The Labute approximate surface area is 346 Å². The molecular formula is C55H34BN3O. The third-order valence-electron chi connectivity index (χ3n) is 13.7. The van der Waals surface area contributed by atoms with Crippen molar-refractivity contribution in [3.8, 4) is 28.3 Å². The lowest BCUT2D eigenvalue weighted by atomic mass is 9.42. The first-order valence-electron chi connectivity index (χ1n) is 20.8. The minimum atomic E-state index is -0.566. The van der Waals surface area contributed by atoms with Crippen molar-refractivity contribution in [2.75, 3.05) is 4.81 Å². The first kappa shape index (κ1) is 32.3. The van der Waals surface area contributed by atoms with Crippen LogP contribution < -0.4 is 15.7 Å². The molecule has 11 aromatic rings. The molecule has 0 bridgehead atoms. The Morgan fingerprint density at radius 2 is 1.28 bits per heavy atom. The summed E-state index contributed by atoms with van der Waals surface area (Å²) in [5, 5.41) is 5.12. The highest BCUT2D eigenvalue weighted by Gasteiger charge is 2.53. The van der Waals surface area contributed by atoms with Crippen molar-refractivity contribution in [1.29, 1.82) is 0 Å². The van der Waals surface area contributed by atoms with Crippen molar-refractivity contribution in [2.45, 2.75) is 12.3 Å². The number of oxazole rings is 1. The van der Waals surface area contributed by atoms with Crippen LogP contribution in [0.15, 0.2) is 192 Å². The molecule has 60 heavy (non-hydrogen) atoms. The van der Waals surface area contributed by atoms with Gasteiger partial charge < -0.3 is 13.8 Å². The SMILES string of the molecule is Cc1cc2c3c4c1c1c5ccccc5ccc1n4-c1cc4oc(-c5ccccc5)nc4cc1B3N1c3ccccc3C(c3ccccc3)(c3ccccc3)c3cccc-2c31. The zero-order chi connectivity index (χ0) is 39.3. The van der Waals surface area contributed by atoms with E-state index in [0.29, 0.717) is 5.89 Å². The zero-order valence-corrected chi connectivity index (χ0v) is 32.7. The van der Waals surface area contributed by atoms with Gasteiger partial charge in [-0.1, -0.05) is 152 Å². The molecule has 0 N–H and O–H groups in total. The maximum atomic E-state index is 6.68. The number of hydrogen-bond donors (Lipinski definition) is 0. The highest BCUT2D eigenvalue weighted by molar-refractivity contribution is 6.94. The van der Waals surface area contributed by atoms with Gasteiger partial charge in [0, 0.05) is 45.0 Å². The number of rotatable bonds is 3. The second-order valence-corrected chi connectivity index (χ2v) is 16.6. The molecule has 0 atom stereocenters. The molecule has 2 aromatic heterocycles. The molecule has 0 saturated carbocycles. The summed E-state index contributed by atoms with van der Waals surface area (Å²) in [4.78, 5) is 7.87. The Morgan fingerprint density at radius 1 is 0.583 bits per heavy atom. The van der Waals surface area contributed by atoms with Crippen LogP contribution >= 0.6 is 0 Å². The summed E-state index contributed by atoms with van der Waals surface area (Å²) in [6, 6.07) is 69.2. The first-order valence-corrected chi connectivity index (χ1v) is 20.8. The summed E-state index contributed by atoms with van der Waals surface area (Å²) in [5.41, 5.74) is 19.5. The van der Waals surface area contributed by atoms with Gasteiger partial charge in [0.15, 0.2) is 5.58 Å². The molecular weight excluding hydrogens is 729 g/mol. The van der Waals surface area contributed by atoms with E-state index in [0.717, 1.165) is 22.4 Å². The number of benzene rings is 9. The Morgan fingerprint density at radius 3 is 2.08 bits per heavy atom. The van der Waals surface area contributed by atoms with Gasteiger partial charge in [-0.3, -0.25) is 0 Å². The van der Waals surface area contributed by atoms with E-state index in [4.69, 9.17) is 9.40 Å². The molecule has 4 nitrogen and oxygen atoms in total. The van der Waals surface area contributed by atoms with Crippen LogP contribution in [0.1, 0.15) is 27.8 Å². The highest BCUT2D eigenvalue weighted by Crippen LogP contribution is 2.60. The first-order chi connectivity index (χ1) is 29.7. The average Bonchev–Trinajstić information content (AvgIpc) is 3.90. The van der Waals surface area contributed by atoms with Crippen LogP contribution in [-0.4, -0.2) is 16.4 Å². The molecule has 5 heteroatoms. The van der Waals surface area contributed by atoms with Crippen LogP contribution in [0.25, 0.3) is 71.9 Å². The summed E-state index contributed by atoms with van der Waals surface area (Å²) < 4.78 is 9.22. The fourth-order valence-electron chi connectivity index (χ4n) is 11.5. The number of nitrogens with zero attached hydrogens (tertiary/aromatic N) is 3. The van der Waals surface area contributed by atoms with Crippen molar-refractivity contribution in [3.05, 3.63) is 216 Å². The van der Waals surface area contributed by atoms with Gasteiger partial charge in [0.05, 0.1) is 16.4 Å². The lowest BCUT2D eigenvalue weighted by Gasteiger charge is -2.51. The maximum Gasteiger partial charge on any atom is 0.333 e. The van der Waals surface area contributed by atoms with Crippen molar-refractivity contribution in [2.24, 2.45) is 0 Å². The smallest absolute Gasteiger partial charge is 0.333 e. The Kier molecular flexibility index (Phi) is 6.21. The quantitative estimate of drug-likeness (QED) is 0.168. The number of fused-ring (bicyclic) bond motifs is 13. The Balaban J connectivity index is 1.18. The van der Waals surface area contributed by atoms with E-state index in [1.807, 2.05) is 18.2 Å². The van der Waals surface area contributed by atoms with Gasteiger partial charge in [0.1, 0.15) is 5.52 Å². The van der Waals surface area contributed by atoms with Gasteiger partial charge in [0.2, 0.25) is 5.89 Å². The molecule has 0 radical (unpaired) electrons.